The molecule has 4 heteroatoms. The predicted molar refractivity (Wildman–Crippen MR) is 91.9 cm³/mol. The molecule has 1 aromatic rings. The fourth-order valence-electron chi connectivity index (χ4n) is 3.45. The first kappa shape index (κ1) is 17.3. The fraction of sp³-hybridized carbons (Fsp3) is 0.765. The second kappa shape index (κ2) is 7.45. The first-order valence-electron chi connectivity index (χ1n) is 8.04. The lowest BCUT2D eigenvalue weighted by Crippen LogP contribution is -2.45. The van der Waals surface area contributed by atoms with Crippen LogP contribution in [0.4, 0.5) is 0 Å². The van der Waals surface area contributed by atoms with E-state index in [4.69, 9.17) is 11.6 Å². The van der Waals surface area contributed by atoms with Gasteiger partial charge in [-0.2, -0.15) is 0 Å². The van der Waals surface area contributed by atoms with E-state index in [1.54, 1.807) is 11.3 Å². The Morgan fingerprint density at radius 1 is 1.38 bits per heavy atom. The topological polar surface area (TPSA) is 32.3 Å². The van der Waals surface area contributed by atoms with Gasteiger partial charge in [0.2, 0.25) is 0 Å². The van der Waals surface area contributed by atoms with Crippen molar-refractivity contribution >= 4 is 22.9 Å². The second-order valence-electron chi connectivity index (χ2n) is 7.08. The van der Waals surface area contributed by atoms with Crippen molar-refractivity contribution in [3.05, 3.63) is 21.3 Å². The molecular weight excluding hydrogens is 302 g/mol. The van der Waals surface area contributed by atoms with E-state index >= 15 is 0 Å². The van der Waals surface area contributed by atoms with Crippen LogP contribution in [0.2, 0.25) is 4.34 Å². The molecule has 1 atom stereocenters. The Kier molecular flexibility index (Phi) is 6.13. The molecule has 21 heavy (non-hydrogen) atoms. The third-order valence-electron chi connectivity index (χ3n) is 5.03. The zero-order chi connectivity index (χ0) is 15.5. The van der Waals surface area contributed by atoms with E-state index in [0.717, 1.165) is 35.6 Å². The summed E-state index contributed by atoms with van der Waals surface area (Å²) in [6.07, 6.45) is 4.83. The number of hydrogen-bond acceptors (Lipinski definition) is 3. The minimum absolute atomic E-state index is 0.422. The predicted octanol–water partition coefficient (Wildman–Crippen LogP) is 4.70. The van der Waals surface area contributed by atoms with E-state index in [1.165, 1.54) is 18.4 Å². The Morgan fingerprint density at radius 2 is 2.05 bits per heavy atom. The summed E-state index contributed by atoms with van der Waals surface area (Å²) < 4.78 is 0.825. The first-order valence-corrected chi connectivity index (χ1v) is 9.30. The third-order valence-corrected chi connectivity index (χ3v) is 6.17. The van der Waals surface area contributed by atoms with Gasteiger partial charge in [0.05, 0.1) is 9.94 Å². The van der Waals surface area contributed by atoms with Gasteiger partial charge in [-0.25, -0.2) is 0 Å². The highest BCUT2D eigenvalue weighted by Crippen LogP contribution is 2.38. The molecule has 1 aromatic heterocycles. The van der Waals surface area contributed by atoms with Gasteiger partial charge in [0, 0.05) is 13.1 Å². The van der Waals surface area contributed by atoms with Crippen molar-refractivity contribution in [3.63, 3.8) is 0 Å². The van der Waals surface area contributed by atoms with Crippen LogP contribution < -0.4 is 5.32 Å². The fourth-order valence-corrected chi connectivity index (χ4v) is 4.36. The van der Waals surface area contributed by atoms with Gasteiger partial charge in [-0.05, 0) is 67.4 Å². The van der Waals surface area contributed by atoms with Gasteiger partial charge in [0.1, 0.15) is 0 Å². The monoisotopic (exact) mass is 329 g/mol. The van der Waals surface area contributed by atoms with E-state index in [9.17, 15) is 5.11 Å². The van der Waals surface area contributed by atoms with Crippen molar-refractivity contribution < 1.29 is 5.11 Å². The van der Waals surface area contributed by atoms with Gasteiger partial charge in [-0.15, -0.1) is 11.3 Å². The zero-order valence-corrected chi connectivity index (χ0v) is 14.9. The molecule has 1 saturated carbocycles. The number of nitrogens with one attached hydrogen (secondary N) is 1. The summed E-state index contributed by atoms with van der Waals surface area (Å²) in [5.41, 5.74) is 0.589. The third kappa shape index (κ3) is 4.95. The number of rotatable bonds is 6. The first-order chi connectivity index (χ1) is 9.88. The van der Waals surface area contributed by atoms with Crippen molar-refractivity contribution in [2.24, 2.45) is 17.8 Å². The molecule has 0 aromatic carbocycles. The van der Waals surface area contributed by atoms with Crippen molar-refractivity contribution in [2.75, 3.05) is 6.54 Å². The van der Waals surface area contributed by atoms with Gasteiger partial charge in [-0.1, -0.05) is 25.4 Å². The van der Waals surface area contributed by atoms with Crippen LogP contribution in [-0.4, -0.2) is 17.3 Å². The van der Waals surface area contributed by atoms with Gasteiger partial charge in [0.25, 0.3) is 0 Å². The van der Waals surface area contributed by atoms with Crippen molar-refractivity contribution in [2.45, 2.75) is 58.6 Å². The largest absolute Gasteiger partial charge is 0.389 e. The van der Waals surface area contributed by atoms with E-state index in [2.05, 4.69) is 24.5 Å². The molecule has 1 aliphatic rings. The minimum Gasteiger partial charge on any atom is -0.389 e. The van der Waals surface area contributed by atoms with E-state index in [-0.39, 0.29) is 0 Å². The molecule has 2 rings (SSSR count). The molecule has 0 amide bonds. The van der Waals surface area contributed by atoms with Crippen LogP contribution >= 0.6 is 22.9 Å². The van der Waals surface area contributed by atoms with E-state index < -0.39 is 5.60 Å². The average molecular weight is 330 g/mol. The molecule has 0 spiro atoms. The highest BCUT2D eigenvalue weighted by atomic mass is 35.5. The van der Waals surface area contributed by atoms with Crippen LogP contribution in [0, 0.1) is 17.8 Å². The zero-order valence-electron chi connectivity index (χ0n) is 13.4. The molecule has 2 nitrogen and oxygen atoms in total. The molecule has 0 saturated heterocycles. The Bertz CT molecular complexity index is 436. The highest BCUT2D eigenvalue weighted by molar-refractivity contribution is 7.14. The normalized spacial score (nSPS) is 26.0. The van der Waals surface area contributed by atoms with Crippen LogP contribution in [0.25, 0.3) is 0 Å². The quantitative estimate of drug-likeness (QED) is 0.792. The summed E-state index contributed by atoms with van der Waals surface area (Å²) in [5, 5.41) is 16.2. The van der Waals surface area contributed by atoms with Crippen LogP contribution in [0.5, 0.6) is 0 Å². The standard InChI is InChI=1S/C17H28ClNOS/c1-12(2)14-4-6-15(7-5-14)17(3,20)11-19-9-13-8-16(18)21-10-13/h8,10,12,14-15,19-20H,4-7,9,11H2,1-3H3. The summed E-state index contributed by atoms with van der Waals surface area (Å²) >= 11 is 7.49. The Hall–Kier alpha value is -0.0900. The maximum absolute atomic E-state index is 10.8. The van der Waals surface area contributed by atoms with Crippen LogP contribution in [0.1, 0.15) is 52.0 Å². The van der Waals surface area contributed by atoms with Crippen LogP contribution in [-0.2, 0) is 6.54 Å². The van der Waals surface area contributed by atoms with Gasteiger partial charge in [-0.3, -0.25) is 0 Å². The van der Waals surface area contributed by atoms with E-state index in [1.807, 2.05) is 13.0 Å². The summed E-state index contributed by atoms with van der Waals surface area (Å²) in [6, 6.07) is 1.99. The molecular formula is C17H28ClNOS. The number of thiophene rings is 1. The lowest BCUT2D eigenvalue weighted by Gasteiger charge is -2.39. The summed E-state index contributed by atoms with van der Waals surface area (Å²) in [7, 11) is 0. The van der Waals surface area contributed by atoms with Gasteiger partial charge < -0.3 is 10.4 Å². The van der Waals surface area contributed by atoms with E-state index in [0.29, 0.717) is 12.5 Å². The molecule has 0 bridgehead atoms. The highest BCUT2D eigenvalue weighted by Gasteiger charge is 2.35. The number of hydrogen-bond donors (Lipinski definition) is 2. The summed E-state index contributed by atoms with van der Waals surface area (Å²) in [5.74, 6) is 2.04. The van der Waals surface area contributed by atoms with Gasteiger partial charge >= 0.3 is 0 Å². The Balaban J connectivity index is 1.76. The van der Waals surface area contributed by atoms with Crippen LogP contribution in [0.3, 0.4) is 0 Å². The number of halogens is 1. The Labute approximate surface area is 137 Å². The average Bonchev–Trinajstić information content (AvgIpc) is 2.84. The second-order valence-corrected chi connectivity index (χ2v) is 8.62. The van der Waals surface area contributed by atoms with Crippen molar-refractivity contribution in [1.29, 1.82) is 0 Å². The van der Waals surface area contributed by atoms with Gasteiger partial charge in [0.15, 0.2) is 0 Å². The van der Waals surface area contributed by atoms with Crippen molar-refractivity contribution in [3.8, 4) is 0 Å². The lowest BCUT2D eigenvalue weighted by molar-refractivity contribution is -0.0240. The molecule has 1 heterocycles. The van der Waals surface area contributed by atoms with Crippen LogP contribution in [0.15, 0.2) is 11.4 Å². The molecule has 1 unspecified atom stereocenters. The molecule has 0 aliphatic heterocycles. The molecule has 2 N–H and O–H groups in total. The summed E-state index contributed by atoms with van der Waals surface area (Å²) in [4.78, 5) is 0. The SMILES string of the molecule is CC(C)C1CCC(C(C)(O)CNCc2csc(Cl)c2)CC1. The molecule has 1 aliphatic carbocycles. The lowest BCUT2D eigenvalue weighted by atomic mass is 9.71. The smallest absolute Gasteiger partial charge is 0.0931 e. The maximum atomic E-state index is 10.8. The molecule has 120 valence electrons. The van der Waals surface area contributed by atoms with Crippen molar-refractivity contribution in [1.82, 2.24) is 5.32 Å². The molecule has 1 fully saturated rings. The Morgan fingerprint density at radius 3 is 2.57 bits per heavy atom. The summed E-state index contributed by atoms with van der Waals surface area (Å²) in [6.45, 7) is 8.05. The minimum atomic E-state index is -0.609. The maximum Gasteiger partial charge on any atom is 0.0931 e. The number of aliphatic hydroxyl groups is 1. The molecule has 0 radical (unpaired) electrons.